The molecule has 1 atom stereocenters. The van der Waals surface area contributed by atoms with Gasteiger partial charge < -0.3 is 5.11 Å². The molecule has 0 saturated heterocycles. The molecule has 1 N–H and O–H groups in total. The van der Waals surface area contributed by atoms with Gasteiger partial charge in [-0.2, -0.15) is 0 Å². The van der Waals surface area contributed by atoms with Gasteiger partial charge in [-0.05, 0) is 50.1 Å². The molecule has 1 aromatic carbocycles. The van der Waals surface area contributed by atoms with Crippen LogP contribution < -0.4 is 5.56 Å². The molecule has 1 aliphatic heterocycles. The van der Waals surface area contributed by atoms with Crippen LogP contribution in [0.1, 0.15) is 30.9 Å². The molecule has 26 heavy (non-hydrogen) atoms. The Bertz CT molecular complexity index is 1100. The molecule has 0 aliphatic carbocycles. The van der Waals surface area contributed by atoms with Crippen molar-refractivity contribution >= 4 is 10.9 Å². The van der Waals surface area contributed by atoms with Crippen molar-refractivity contribution in [2.45, 2.75) is 32.4 Å². The number of hydrogen-bond acceptors (Lipinski definition) is 4. The van der Waals surface area contributed by atoms with Crippen LogP contribution in [-0.4, -0.2) is 25.2 Å². The van der Waals surface area contributed by atoms with E-state index in [1.807, 2.05) is 30.3 Å². The van der Waals surface area contributed by atoms with Crippen molar-refractivity contribution in [3.63, 3.8) is 0 Å². The maximum atomic E-state index is 12.8. The van der Waals surface area contributed by atoms with Crippen LogP contribution in [0.4, 0.5) is 0 Å². The van der Waals surface area contributed by atoms with Gasteiger partial charge in [-0.1, -0.05) is 12.0 Å². The second kappa shape index (κ2) is 6.08. The number of benzene rings is 1. The SMILES string of the molecule is CC(C)(O)C1Cc2nc3cc(C#Cc4ccccn4)ccc3c(=O)n2C1. The van der Waals surface area contributed by atoms with Crippen molar-refractivity contribution in [3.8, 4) is 11.8 Å². The topological polar surface area (TPSA) is 68.0 Å². The van der Waals surface area contributed by atoms with Gasteiger partial charge in [0.05, 0.1) is 16.5 Å². The van der Waals surface area contributed by atoms with E-state index in [4.69, 9.17) is 0 Å². The molecule has 0 saturated carbocycles. The van der Waals surface area contributed by atoms with Crippen molar-refractivity contribution in [1.29, 1.82) is 0 Å². The molecule has 0 radical (unpaired) electrons. The first kappa shape index (κ1) is 16.5. The quantitative estimate of drug-likeness (QED) is 0.686. The maximum Gasteiger partial charge on any atom is 0.261 e. The molecule has 0 fully saturated rings. The van der Waals surface area contributed by atoms with Crippen molar-refractivity contribution in [1.82, 2.24) is 14.5 Å². The van der Waals surface area contributed by atoms with Gasteiger partial charge >= 0.3 is 0 Å². The molecule has 2 aromatic heterocycles. The van der Waals surface area contributed by atoms with Crippen molar-refractivity contribution in [2.24, 2.45) is 5.92 Å². The highest BCUT2D eigenvalue weighted by Crippen LogP contribution is 2.28. The van der Waals surface area contributed by atoms with E-state index in [1.54, 1.807) is 30.7 Å². The molecule has 3 heterocycles. The summed E-state index contributed by atoms with van der Waals surface area (Å²) in [6, 6.07) is 11.0. The van der Waals surface area contributed by atoms with Gasteiger partial charge in [0.2, 0.25) is 0 Å². The van der Waals surface area contributed by atoms with Crippen LogP contribution in [0.5, 0.6) is 0 Å². The van der Waals surface area contributed by atoms with Crippen molar-refractivity contribution in [3.05, 3.63) is 70.0 Å². The zero-order valence-corrected chi connectivity index (χ0v) is 14.7. The Balaban J connectivity index is 1.74. The number of aliphatic hydroxyl groups is 1. The van der Waals surface area contributed by atoms with E-state index in [1.165, 1.54) is 0 Å². The third-order valence-corrected chi connectivity index (χ3v) is 4.87. The summed E-state index contributed by atoms with van der Waals surface area (Å²) in [6.45, 7) is 4.06. The average molecular weight is 345 g/mol. The summed E-state index contributed by atoms with van der Waals surface area (Å²) < 4.78 is 1.68. The fourth-order valence-corrected chi connectivity index (χ4v) is 3.24. The van der Waals surface area contributed by atoms with Gasteiger partial charge in [0.1, 0.15) is 11.5 Å². The normalized spacial score (nSPS) is 16.2. The lowest BCUT2D eigenvalue weighted by atomic mass is 9.90. The van der Waals surface area contributed by atoms with E-state index in [0.29, 0.717) is 29.6 Å². The standard InChI is InChI=1S/C21H19N3O2/c1-21(2,26)15-12-19-23-18-11-14(6-8-16-5-3-4-10-22-16)7-9-17(18)20(25)24(19)13-15/h3-5,7,9-11,15,26H,12-13H2,1-2H3. The highest BCUT2D eigenvalue weighted by molar-refractivity contribution is 5.79. The third kappa shape index (κ3) is 3.00. The Morgan fingerprint density at radius 1 is 1.23 bits per heavy atom. The molecule has 1 unspecified atom stereocenters. The highest BCUT2D eigenvalue weighted by Gasteiger charge is 2.34. The van der Waals surface area contributed by atoms with E-state index in [0.717, 1.165) is 11.4 Å². The summed E-state index contributed by atoms with van der Waals surface area (Å²) in [5.41, 5.74) is 1.23. The first-order valence-corrected chi connectivity index (χ1v) is 8.61. The van der Waals surface area contributed by atoms with E-state index in [2.05, 4.69) is 21.8 Å². The molecule has 5 heteroatoms. The fourth-order valence-electron chi connectivity index (χ4n) is 3.24. The van der Waals surface area contributed by atoms with E-state index in [9.17, 15) is 9.90 Å². The Morgan fingerprint density at radius 3 is 2.81 bits per heavy atom. The zero-order chi connectivity index (χ0) is 18.3. The first-order chi connectivity index (χ1) is 12.4. The summed E-state index contributed by atoms with van der Waals surface area (Å²) in [4.78, 5) is 21.6. The van der Waals surface area contributed by atoms with Crippen LogP contribution in [0.15, 0.2) is 47.4 Å². The van der Waals surface area contributed by atoms with Crippen LogP contribution in [0.3, 0.4) is 0 Å². The molecular weight excluding hydrogens is 326 g/mol. The molecule has 1 aliphatic rings. The van der Waals surface area contributed by atoms with Gasteiger partial charge in [-0.15, -0.1) is 0 Å². The summed E-state index contributed by atoms with van der Waals surface area (Å²) in [5.74, 6) is 6.80. The van der Waals surface area contributed by atoms with Crippen LogP contribution in [0.2, 0.25) is 0 Å². The lowest BCUT2D eigenvalue weighted by molar-refractivity contribution is 0.0173. The van der Waals surface area contributed by atoms with Crippen molar-refractivity contribution < 1.29 is 5.11 Å². The monoisotopic (exact) mass is 345 g/mol. The lowest BCUT2D eigenvalue weighted by Crippen LogP contribution is -2.32. The Labute approximate surface area is 151 Å². The van der Waals surface area contributed by atoms with Gasteiger partial charge in [-0.25, -0.2) is 9.97 Å². The minimum absolute atomic E-state index is 0.0112. The Kier molecular flexibility index (Phi) is 3.86. The molecule has 130 valence electrons. The summed E-state index contributed by atoms with van der Waals surface area (Å²) >= 11 is 0. The van der Waals surface area contributed by atoms with Gasteiger partial charge in [0, 0.05) is 30.6 Å². The van der Waals surface area contributed by atoms with Crippen molar-refractivity contribution in [2.75, 3.05) is 0 Å². The highest BCUT2D eigenvalue weighted by atomic mass is 16.3. The van der Waals surface area contributed by atoms with Crippen LogP contribution >= 0.6 is 0 Å². The molecule has 0 spiro atoms. The predicted octanol–water partition coefficient (Wildman–Crippen LogP) is 2.13. The van der Waals surface area contributed by atoms with Crippen LogP contribution in [0.25, 0.3) is 10.9 Å². The van der Waals surface area contributed by atoms with Gasteiger partial charge in [0.15, 0.2) is 0 Å². The molecule has 5 nitrogen and oxygen atoms in total. The Morgan fingerprint density at radius 2 is 2.08 bits per heavy atom. The number of nitrogens with zero attached hydrogens (tertiary/aromatic N) is 3. The predicted molar refractivity (Wildman–Crippen MR) is 99.7 cm³/mol. The largest absolute Gasteiger partial charge is 0.390 e. The van der Waals surface area contributed by atoms with E-state index >= 15 is 0 Å². The average Bonchev–Trinajstić information content (AvgIpc) is 3.05. The fraction of sp³-hybridized carbons (Fsp3) is 0.286. The van der Waals surface area contributed by atoms with E-state index in [-0.39, 0.29) is 11.5 Å². The molecule has 0 bridgehead atoms. The second-order valence-electron chi connectivity index (χ2n) is 7.20. The Hall–Kier alpha value is -2.97. The minimum atomic E-state index is -0.842. The van der Waals surface area contributed by atoms with E-state index < -0.39 is 5.60 Å². The molecule has 4 rings (SSSR count). The number of rotatable bonds is 1. The summed E-state index contributed by atoms with van der Waals surface area (Å²) in [5, 5.41) is 10.9. The molecular formula is C21H19N3O2. The number of aromatic nitrogens is 3. The summed E-state index contributed by atoms with van der Waals surface area (Å²) in [7, 11) is 0. The third-order valence-electron chi connectivity index (χ3n) is 4.87. The first-order valence-electron chi connectivity index (χ1n) is 8.61. The van der Waals surface area contributed by atoms with Crippen LogP contribution in [0, 0.1) is 17.8 Å². The lowest BCUT2D eigenvalue weighted by Gasteiger charge is -2.23. The minimum Gasteiger partial charge on any atom is -0.390 e. The van der Waals surface area contributed by atoms with Gasteiger partial charge in [0.25, 0.3) is 5.56 Å². The second-order valence-corrected chi connectivity index (χ2v) is 7.20. The number of fused-ring (bicyclic) bond motifs is 2. The molecule has 3 aromatic rings. The van der Waals surface area contributed by atoms with Crippen LogP contribution in [-0.2, 0) is 13.0 Å². The summed E-state index contributed by atoms with van der Waals surface area (Å²) in [6.07, 6.45) is 2.30. The molecule has 0 amide bonds. The number of pyridine rings is 1. The zero-order valence-electron chi connectivity index (χ0n) is 14.7. The smallest absolute Gasteiger partial charge is 0.261 e. The maximum absolute atomic E-state index is 12.8. The van der Waals surface area contributed by atoms with Gasteiger partial charge in [-0.3, -0.25) is 9.36 Å². The number of hydrogen-bond donors (Lipinski definition) is 1.